The number of aryl methyl sites for hydroxylation is 1. The number of ether oxygens (including phenoxy) is 1. The van der Waals surface area contributed by atoms with Crippen LogP contribution in [0.5, 0.6) is 0 Å². The van der Waals surface area contributed by atoms with Crippen molar-refractivity contribution in [3.63, 3.8) is 0 Å². The zero-order valence-corrected chi connectivity index (χ0v) is 13.4. The van der Waals surface area contributed by atoms with E-state index in [0.717, 1.165) is 16.3 Å². The molecule has 0 aliphatic rings. The van der Waals surface area contributed by atoms with Gasteiger partial charge in [-0.1, -0.05) is 12.1 Å². The van der Waals surface area contributed by atoms with E-state index in [0.29, 0.717) is 12.3 Å². The fourth-order valence-corrected chi connectivity index (χ4v) is 2.55. The summed E-state index contributed by atoms with van der Waals surface area (Å²) in [6, 6.07) is 7.50. The molecule has 0 atom stereocenters. The number of carbonyl (C=O) groups is 2. The Morgan fingerprint density at radius 2 is 2.14 bits per heavy atom. The number of benzene rings is 1. The molecule has 116 valence electrons. The summed E-state index contributed by atoms with van der Waals surface area (Å²) in [7, 11) is 0. The maximum absolute atomic E-state index is 11.8. The lowest BCUT2D eigenvalue weighted by Crippen LogP contribution is -2.14. The van der Waals surface area contributed by atoms with Crippen LogP contribution >= 0.6 is 11.3 Å². The van der Waals surface area contributed by atoms with Crippen molar-refractivity contribution in [2.24, 2.45) is 0 Å². The minimum absolute atomic E-state index is 0.0879. The van der Waals surface area contributed by atoms with E-state index in [1.807, 2.05) is 36.6 Å². The first-order valence-electron chi connectivity index (χ1n) is 7.06. The van der Waals surface area contributed by atoms with E-state index in [1.54, 1.807) is 18.3 Å². The van der Waals surface area contributed by atoms with E-state index >= 15 is 0 Å². The molecule has 0 spiro atoms. The molecule has 1 N–H and O–H groups in total. The Morgan fingerprint density at radius 1 is 1.32 bits per heavy atom. The molecule has 0 aliphatic carbocycles. The highest BCUT2D eigenvalue weighted by Crippen LogP contribution is 2.24. The Hall–Kier alpha value is -2.21. The topological polar surface area (TPSA) is 68.3 Å². The second-order valence-corrected chi connectivity index (χ2v) is 5.75. The lowest BCUT2D eigenvalue weighted by Gasteiger charge is -2.06. The number of thiazole rings is 1. The van der Waals surface area contributed by atoms with Gasteiger partial charge in [-0.15, -0.1) is 11.3 Å². The Bertz CT molecular complexity index is 667. The largest absolute Gasteiger partial charge is 0.466 e. The molecule has 1 aromatic heterocycles. The van der Waals surface area contributed by atoms with Crippen molar-refractivity contribution in [2.75, 3.05) is 11.9 Å². The number of hydrogen-bond donors (Lipinski definition) is 1. The fourth-order valence-electron chi connectivity index (χ4n) is 1.92. The van der Waals surface area contributed by atoms with Crippen molar-refractivity contribution in [3.05, 3.63) is 34.7 Å². The van der Waals surface area contributed by atoms with Crippen LogP contribution in [0.2, 0.25) is 0 Å². The van der Waals surface area contributed by atoms with Gasteiger partial charge in [-0.25, -0.2) is 4.98 Å². The van der Waals surface area contributed by atoms with Crippen LogP contribution in [0.15, 0.2) is 29.6 Å². The molecular weight excluding hydrogens is 300 g/mol. The van der Waals surface area contributed by atoms with E-state index in [9.17, 15) is 9.59 Å². The highest BCUT2D eigenvalue weighted by atomic mass is 32.1. The number of esters is 1. The second kappa shape index (κ2) is 7.70. The molecule has 2 aromatic rings. The summed E-state index contributed by atoms with van der Waals surface area (Å²) >= 11 is 1.59. The van der Waals surface area contributed by atoms with Gasteiger partial charge in [-0.3, -0.25) is 9.59 Å². The van der Waals surface area contributed by atoms with Gasteiger partial charge in [0.15, 0.2) is 0 Å². The van der Waals surface area contributed by atoms with Crippen LogP contribution in [-0.4, -0.2) is 23.5 Å². The molecule has 1 amide bonds. The molecule has 2 rings (SSSR count). The molecule has 22 heavy (non-hydrogen) atoms. The smallest absolute Gasteiger partial charge is 0.306 e. The zero-order valence-electron chi connectivity index (χ0n) is 12.6. The van der Waals surface area contributed by atoms with Gasteiger partial charge in [-0.05, 0) is 26.0 Å². The molecular formula is C16H18N2O3S. The molecule has 0 saturated carbocycles. The Balaban J connectivity index is 1.95. The summed E-state index contributed by atoms with van der Waals surface area (Å²) in [4.78, 5) is 27.5. The van der Waals surface area contributed by atoms with Crippen LogP contribution in [0.1, 0.15) is 24.8 Å². The maximum Gasteiger partial charge on any atom is 0.306 e. The number of anilines is 1. The highest BCUT2D eigenvalue weighted by Gasteiger charge is 2.09. The van der Waals surface area contributed by atoms with Crippen molar-refractivity contribution in [1.29, 1.82) is 0 Å². The van der Waals surface area contributed by atoms with Gasteiger partial charge in [0.25, 0.3) is 0 Å². The van der Waals surface area contributed by atoms with Crippen LogP contribution < -0.4 is 5.32 Å². The number of rotatable bonds is 6. The van der Waals surface area contributed by atoms with E-state index in [-0.39, 0.29) is 24.7 Å². The Morgan fingerprint density at radius 3 is 2.82 bits per heavy atom. The number of hydrogen-bond acceptors (Lipinski definition) is 5. The molecule has 0 bridgehead atoms. The predicted molar refractivity (Wildman–Crippen MR) is 86.8 cm³/mol. The van der Waals surface area contributed by atoms with E-state index in [2.05, 4.69) is 10.3 Å². The van der Waals surface area contributed by atoms with Gasteiger partial charge >= 0.3 is 5.97 Å². The first kappa shape index (κ1) is 16.2. The highest BCUT2D eigenvalue weighted by molar-refractivity contribution is 7.09. The fraction of sp³-hybridized carbons (Fsp3) is 0.312. The first-order valence-corrected chi connectivity index (χ1v) is 7.94. The summed E-state index contributed by atoms with van der Waals surface area (Å²) in [5.74, 6) is -0.566. The van der Waals surface area contributed by atoms with Gasteiger partial charge in [0, 0.05) is 23.1 Å². The summed E-state index contributed by atoms with van der Waals surface area (Å²) in [5.41, 5.74) is 2.54. The lowest BCUT2D eigenvalue weighted by molar-refractivity contribution is -0.144. The molecule has 6 heteroatoms. The number of carbonyl (C=O) groups excluding carboxylic acids is 2. The number of nitrogens with one attached hydrogen (secondary N) is 1. The second-order valence-electron chi connectivity index (χ2n) is 4.69. The van der Waals surface area contributed by atoms with Gasteiger partial charge < -0.3 is 10.1 Å². The number of amides is 1. The van der Waals surface area contributed by atoms with Crippen molar-refractivity contribution in [3.8, 4) is 11.3 Å². The SMILES string of the molecule is CCOC(=O)CCC(=O)Nc1cccc(-c2csc(C)n2)c1. The third-order valence-electron chi connectivity index (χ3n) is 2.92. The molecule has 0 unspecified atom stereocenters. The van der Waals surface area contributed by atoms with Crippen LogP contribution in [-0.2, 0) is 14.3 Å². The van der Waals surface area contributed by atoms with Gasteiger partial charge in [0.05, 0.1) is 23.7 Å². The van der Waals surface area contributed by atoms with E-state index < -0.39 is 0 Å². The minimum atomic E-state index is -0.357. The van der Waals surface area contributed by atoms with Crippen LogP contribution in [0, 0.1) is 6.92 Å². The molecule has 0 aliphatic heterocycles. The third-order valence-corrected chi connectivity index (χ3v) is 3.70. The normalized spacial score (nSPS) is 10.3. The van der Waals surface area contributed by atoms with Crippen molar-refractivity contribution in [2.45, 2.75) is 26.7 Å². The van der Waals surface area contributed by atoms with Crippen LogP contribution in [0.25, 0.3) is 11.3 Å². The average molecular weight is 318 g/mol. The van der Waals surface area contributed by atoms with E-state index in [1.165, 1.54) is 0 Å². The summed E-state index contributed by atoms with van der Waals surface area (Å²) in [5, 5.41) is 5.77. The molecule has 5 nitrogen and oxygen atoms in total. The standard InChI is InChI=1S/C16H18N2O3S/c1-3-21-16(20)8-7-15(19)18-13-6-4-5-12(9-13)14-10-22-11(2)17-14/h4-6,9-10H,3,7-8H2,1-2H3,(H,18,19). The number of aromatic nitrogens is 1. The number of nitrogens with zero attached hydrogens (tertiary/aromatic N) is 1. The molecule has 1 heterocycles. The lowest BCUT2D eigenvalue weighted by atomic mass is 10.1. The maximum atomic E-state index is 11.8. The van der Waals surface area contributed by atoms with E-state index in [4.69, 9.17) is 4.74 Å². The third kappa shape index (κ3) is 4.66. The molecule has 1 aromatic carbocycles. The molecule has 0 saturated heterocycles. The molecule has 0 fully saturated rings. The zero-order chi connectivity index (χ0) is 15.9. The van der Waals surface area contributed by atoms with Crippen LogP contribution in [0.3, 0.4) is 0 Å². The molecule has 0 radical (unpaired) electrons. The summed E-state index contributed by atoms with van der Waals surface area (Å²) in [6.45, 7) is 4.02. The Labute approximate surface area is 133 Å². The quantitative estimate of drug-likeness (QED) is 0.829. The Kier molecular flexibility index (Phi) is 5.66. The predicted octanol–water partition coefficient (Wildman–Crippen LogP) is 3.40. The van der Waals surface area contributed by atoms with Crippen molar-refractivity contribution in [1.82, 2.24) is 4.98 Å². The van der Waals surface area contributed by atoms with Gasteiger partial charge in [-0.2, -0.15) is 0 Å². The van der Waals surface area contributed by atoms with Crippen LogP contribution in [0.4, 0.5) is 5.69 Å². The average Bonchev–Trinajstić information content (AvgIpc) is 2.92. The first-order chi connectivity index (χ1) is 10.6. The van der Waals surface area contributed by atoms with Crippen molar-refractivity contribution >= 4 is 28.9 Å². The van der Waals surface area contributed by atoms with Gasteiger partial charge in [0.1, 0.15) is 0 Å². The summed E-state index contributed by atoms with van der Waals surface area (Å²) < 4.78 is 4.80. The minimum Gasteiger partial charge on any atom is -0.466 e. The monoisotopic (exact) mass is 318 g/mol. The van der Waals surface area contributed by atoms with Gasteiger partial charge in [0.2, 0.25) is 5.91 Å². The summed E-state index contributed by atoms with van der Waals surface area (Å²) in [6.07, 6.45) is 0.198. The van der Waals surface area contributed by atoms with Crippen molar-refractivity contribution < 1.29 is 14.3 Å².